The molecule has 0 N–H and O–H groups in total. The van der Waals surface area contributed by atoms with Crippen LogP contribution in [0.5, 0.6) is 0 Å². The van der Waals surface area contributed by atoms with Crippen molar-refractivity contribution in [3.63, 3.8) is 0 Å². The highest BCUT2D eigenvalue weighted by Crippen LogP contribution is 2.49. The lowest BCUT2D eigenvalue weighted by Crippen LogP contribution is -2.10. The lowest BCUT2D eigenvalue weighted by atomic mass is 9.98. The third-order valence-electron chi connectivity index (χ3n) is 11.5. The molecule has 0 radical (unpaired) electrons. The van der Waals surface area contributed by atoms with Crippen LogP contribution in [0.25, 0.3) is 95.7 Å². The van der Waals surface area contributed by atoms with Gasteiger partial charge in [-0.15, -0.1) is 22.7 Å². The number of thiophene rings is 2. The minimum Gasteiger partial charge on any atom is -0.455 e. The number of fused-ring (bicyclic) bond motifs is 9. The molecule has 0 unspecified atom stereocenters. The van der Waals surface area contributed by atoms with Gasteiger partial charge >= 0.3 is 0 Å². The van der Waals surface area contributed by atoms with Gasteiger partial charge in [0.25, 0.3) is 0 Å². The summed E-state index contributed by atoms with van der Waals surface area (Å²) in [6.07, 6.45) is 0. The fourth-order valence-corrected chi connectivity index (χ4v) is 10.9. The first-order valence-corrected chi connectivity index (χ1v) is 21.2. The fourth-order valence-electron chi connectivity index (χ4n) is 8.70. The van der Waals surface area contributed by atoms with Gasteiger partial charge in [-0.25, -0.2) is 0 Å². The number of hydrogen-bond acceptors (Lipinski definition) is 4. The number of anilines is 3. The van der Waals surface area contributed by atoms with E-state index in [1.807, 2.05) is 22.7 Å². The average molecular weight is 776 g/mol. The van der Waals surface area contributed by atoms with E-state index >= 15 is 0 Å². The summed E-state index contributed by atoms with van der Waals surface area (Å²) >= 11 is 3.71. The molecule has 0 aliphatic heterocycles. The Morgan fingerprint density at radius 3 is 1.55 bits per heavy atom. The van der Waals surface area contributed by atoms with E-state index in [9.17, 15) is 0 Å². The molecule has 0 saturated carbocycles. The van der Waals surface area contributed by atoms with E-state index in [1.165, 1.54) is 57.0 Å². The molecule has 12 rings (SSSR count). The molecular weight excluding hydrogens is 743 g/mol. The standard InChI is InChI=1S/C54H33NOS2/c1-4-12-34(13-5-1)37-21-25-44-48(30-37)56-54-41(36-16-8-3-9-17-36)26-27-47(53(44)54)55(39-22-28-50-45(32-39)42-18-10-11-19-49(42)57-50)40-23-29-51-46(33-40)43-24-20-38(31-52(43)58-51)35-14-6-2-7-15-35/h1-33H. The highest BCUT2D eigenvalue weighted by molar-refractivity contribution is 7.26. The summed E-state index contributed by atoms with van der Waals surface area (Å²) in [5.74, 6) is 0. The van der Waals surface area contributed by atoms with Gasteiger partial charge in [0, 0.05) is 62.7 Å². The van der Waals surface area contributed by atoms with Gasteiger partial charge in [-0.1, -0.05) is 127 Å². The van der Waals surface area contributed by atoms with Gasteiger partial charge < -0.3 is 9.32 Å². The molecule has 3 aromatic heterocycles. The Kier molecular flexibility index (Phi) is 7.62. The van der Waals surface area contributed by atoms with Crippen LogP contribution in [-0.2, 0) is 0 Å². The Morgan fingerprint density at radius 2 is 0.879 bits per heavy atom. The molecule has 0 aliphatic carbocycles. The van der Waals surface area contributed by atoms with Gasteiger partial charge in [0.2, 0.25) is 0 Å². The molecule has 3 heterocycles. The predicted octanol–water partition coefficient (Wildman–Crippen LogP) is 16.8. The largest absolute Gasteiger partial charge is 0.455 e. The van der Waals surface area contributed by atoms with Crippen LogP contribution < -0.4 is 4.90 Å². The summed E-state index contributed by atoms with van der Waals surface area (Å²) in [6, 6.07) is 72.6. The van der Waals surface area contributed by atoms with Gasteiger partial charge in [-0.3, -0.25) is 0 Å². The number of rotatable bonds is 6. The van der Waals surface area contributed by atoms with Crippen molar-refractivity contribution in [3.8, 4) is 33.4 Å². The third kappa shape index (κ3) is 5.37. The van der Waals surface area contributed by atoms with E-state index in [4.69, 9.17) is 4.42 Å². The van der Waals surface area contributed by atoms with E-state index in [2.05, 4.69) is 205 Å². The van der Waals surface area contributed by atoms with E-state index in [1.54, 1.807) is 0 Å². The van der Waals surface area contributed by atoms with E-state index in [0.717, 1.165) is 55.7 Å². The van der Waals surface area contributed by atoms with Crippen LogP contribution in [0.2, 0.25) is 0 Å². The summed E-state index contributed by atoms with van der Waals surface area (Å²) in [6.45, 7) is 0. The van der Waals surface area contributed by atoms with E-state index in [-0.39, 0.29) is 0 Å². The van der Waals surface area contributed by atoms with Gasteiger partial charge in [0.15, 0.2) is 0 Å². The van der Waals surface area contributed by atoms with Crippen LogP contribution in [0.15, 0.2) is 205 Å². The van der Waals surface area contributed by atoms with Gasteiger partial charge in [0.1, 0.15) is 11.2 Å². The third-order valence-corrected chi connectivity index (χ3v) is 13.8. The molecule has 0 bridgehead atoms. The van der Waals surface area contributed by atoms with Crippen LogP contribution in [-0.4, -0.2) is 0 Å². The molecule has 4 heteroatoms. The second-order valence-corrected chi connectivity index (χ2v) is 17.0. The maximum Gasteiger partial charge on any atom is 0.145 e. The number of benzene rings is 9. The molecule has 2 nitrogen and oxygen atoms in total. The smallest absolute Gasteiger partial charge is 0.145 e. The Balaban J connectivity index is 1.12. The Hall–Kier alpha value is -6.98. The summed E-state index contributed by atoms with van der Waals surface area (Å²) < 4.78 is 12.2. The maximum absolute atomic E-state index is 7.02. The number of furan rings is 1. The van der Waals surface area contributed by atoms with Crippen LogP contribution in [0.1, 0.15) is 0 Å². The quantitative estimate of drug-likeness (QED) is 0.167. The van der Waals surface area contributed by atoms with Crippen molar-refractivity contribution in [1.29, 1.82) is 0 Å². The number of hydrogen-bond donors (Lipinski definition) is 0. The van der Waals surface area contributed by atoms with Crippen LogP contribution in [0.3, 0.4) is 0 Å². The zero-order chi connectivity index (χ0) is 38.2. The molecule has 9 aromatic carbocycles. The average Bonchev–Trinajstić information content (AvgIpc) is 3.98. The second kappa shape index (κ2) is 13.3. The fraction of sp³-hybridized carbons (Fsp3) is 0. The Bertz CT molecular complexity index is 3510. The Labute approximate surface area is 343 Å². The normalized spacial score (nSPS) is 11.8. The molecular formula is C54H33NOS2. The molecule has 0 fully saturated rings. The molecule has 272 valence electrons. The molecule has 12 aromatic rings. The first-order valence-electron chi connectivity index (χ1n) is 19.6. The molecule has 0 spiro atoms. The first kappa shape index (κ1) is 33.2. The SMILES string of the molecule is c1ccc(-c2ccc3c(c2)oc2c(-c4ccccc4)ccc(N(c4ccc5sc6ccccc6c5c4)c4ccc5sc6cc(-c7ccccc7)ccc6c5c4)c23)cc1. The van der Waals surface area contributed by atoms with Crippen molar-refractivity contribution < 1.29 is 4.42 Å². The van der Waals surface area contributed by atoms with Gasteiger partial charge in [-0.2, -0.15) is 0 Å². The topological polar surface area (TPSA) is 16.4 Å². The lowest BCUT2D eigenvalue weighted by Gasteiger charge is -2.27. The monoisotopic (exact) mass is 775 g/mol. The highest BCUT2D eigenvalue weighted by atomic mass is 32.1. The molecule has 0 atom stereocenters. The van der Waals surface area contributed by atoms with Crippen molar-refractivity contribution in [2.24, 2.45) is 0 Å². The Morgan fingerprint density at radius 1 is 0.345 bits per heavy atom. The van der Waals surface area contributed by atoms with Gasteiger partial charge in [-0.05, 0) is 101 Å². The lowest BCUT2D eigenvalue weighted by molar-refractivity contribution is 0.670. The van der Waals surface area contributed by atoms with Crippen LogP contribution in [0.4, 0.5) is 17.1 Å². The molecule has 0 saturated heterocycles. The van der Waals surface area contributed by atoms with Gasteiger partial charge in [0.05, 0.1) is 11.1 Å². The van der Waals surface area contributed by atoms with Crippen molar-refractivity contribution >= 4 is 102 Å². The van der Waals surface area contributed by atoms with Crippen molar-refractivity contribution in [1.82, 2.24) is 0 Å². The number of nitrogens with zero attached hydrogens (tertiary/aromatic N) is 1. The molecule has 58 heavy (non-hydrogen) atoms. The summed E-state index contributed by atoms with van der Waals surface area (Å²) in [4.78, 5) is 2.45. The minimum absolute atomic E-state index is 0.869. The molecule has 0 amide bonds. The highest BCUT2D eigenvalue weighted by Gasteiger charge is 2.24. The maximum atomic E-state index is 7.02. The van der Waals surface area contributed by atoms with Crippen molar-refractivity contribution in [2.45, 2.75) is 0 Å². The van der Waals surface area contributed by atoms with E-state index in [0.29, 0.717) is 0 Å². The van der Waals surface area contributed by atoms with Crippen molar-refractivity contribution in [2.75, 3.05) is 4.90 Å². The van der Waals surface area contributed by atoms with Crippen LogP contribution in [0, 0.1) is 0 Å². The summed E-state index contributed by atoms with van der Waals surface area (Å²) in [5.41, 5.74) is 12.0. The zero-order valence-electron chi connectivity index (χ0n) is 31.2. The first-order chi connectivity index (χ1) is 28.7. The zero-order valence-corrected chi connectivity index (χ0v) is 32.9. The van der Waals surface area contributed by atoms with E-state index < -0.39 is 0 Å². The summed E-state index contributed by atoms with van der Waals surface area (Å²) in [7, 11) is 0. The molecule has 0 aliphatic rings. The minimum atomic E-state index is 0.869. The summed E-state index contributed by atoms with van der Waals surface area (Å²) in [5, 5.41) is 7.25. The van der Waals surface area contributed by atoms with Crippen LogP contribution >= 0.6 is 22.7 Å². The second-order valence-electron chi connectivity index (χ2n) is 14.9. The van der Waals surface area contributed by atoms with Crippen molar-refractivity contribution in [3.05, 3.63) is 200 Å². The predicted molar refractivity (Wildman–Crippen MR) is 250 cm³/mol.